The first-order valence-electron chi connectivity index (χ1n) is 4.34. The molecule has 72 valence electrons. The van der Waals surface area contributed by atoms with Gasteiger partial charge in [-0.2, -0.15) is 0 Å². The number of aliphatic hydroxyl groups is 1. The van der Waals surface area contributed by atoms with Crippen molar-refractivity contribution < 1.29 is 5.11 Å². The van der Waals surface area contributed by atoms with Gasteiger partial charge in [-0.25, -0.2) is 4.98 Å². The molecule has 2 aromatic heterocycles. The molecule has 0 spiro atoms. The number of hydrogen-bond donors (Lipinski definition) is 1. The number of rotatable bonds is 2. The van der Waals surface area contributed by atoms with Crippen LogP contribution in [0.3, 0.4) is 0 Å². The third-order valence-corrected chi connectivity index (χ3v) is 2.09. The maximum atomic E-state index is 8.98. The molecular formula is C10H11N3O. The average molecular weight is 189 g/mol. The third-order valence-electron chi connectivity index (χ3n) is 2.09. The summed E-state index contributed by atoms with van der Waals surface area (Å²) < 4.78 is 1.89. The van der Waals surface area contributed by atoms with Crippen molar-refractivity contribution in [1.82, 2.24) is 14.5 Å². The molecule has 1 N–H and O–H groups in total. The van der Waals surface area contributed by atoms with Crippen LogP contribution in [0.1, 0.15) is 5.56 Å². The fraction of sp³-hybridized carbons (Fsp3) is 0.200. The molecule has 2 aromatic rings. The van der Waals surface area contributed by atoms with E-state index in [4.69, 9.17) is 5.11 Å². The van der Waals surface area contributed by atoms with Crippen molar-refractivity contribution in [1.29, 1.82) is 0 Å². The molecule has 0 atom stereocenters. The maximum Gasteiger partial charge on any atom is 0.0948 e. The molecule has 0 bridgehead atoms. The van der Waals surface area contributed by atoms with E-state index in [2.05, 4.69) is 9.97 Å². The summed E-state index contributed by atoms with van der Waals surface area (Å²) in [6.07, 6.45) is 5.17. The van der Waals surface area contributed by atoms with Crippen LogP contribution in [0.2, 0.25) is 0 Å². The summed E-state index contributed by atoms with van der Waals surface area (Å²) in [5, 5.41) is 8.98. The van der Waals surface area contributed by atoms with Crippen LogP contribution in [0, 0.1) is 0 Å². The summed E-state index contributed by atoms with van der Waals surface area (Å²) in [5.74, 6) is 0. The fourth-order valence-electron chi connectivity index (χ4n) is 1.32. The number of aryl methyl sites for hydroxylation is 1. The van der Waals surface area contributed by atoms with E-state index in [1.165, 1.54) is 0 Å². The monoisotopic (exact) mass is 189 g/mol. The molecule has 0 amide bonds. The van der Waals surface area contributed by atoms with Crippen LogP contribution in [-0.2, 0) is 13.7 Å². The lowest BCUT2D eigenvalue weighted by molar-refractivity contribution is 0.282. The Morgan fingerprint density at radius 3 is 3.00 bits per heavy atom. The van der Waals surface area contributed by atoms with Gasteiger partial charge in [0, 0.05) is 13.2 Å². The highest BCUT2D eigenvalue weighted by molar-refractivity contribution is 5.54. The Kier molecular flexibility index (Phi) is 2.28. The van der Waals surface area contributed by atoms with Crippen LogP contribution in [0.4, 0.5) is 0 Å². The molecule has 0 aliphatic heterocycles. The van der Waals surface area contributed by atoms with E-state index < -0.39 is 0 Å². The van der Waals surface area contributed by atoms with Crippen LogP contribution in [0.15, 0.2) is 30.9 Å². The quantitative estimate of drug-likeness (QED) is 0.766. The summed E-state index contributed by atoms with van der Waals surface area (Å²) >= 11 is 0. The first-order chi connectivity index (χ1) is 6.81. The van der Waals surface area contributed by atoms with Gasteiger partial charge in [-0.1, -0.05) is 0 Å². The van der Waals surface area contributed by atoms with Gasteiger partial charge in [0.05, 0.1) is 30.5 Å². The number of hydrogen-bond acceptors (Lipinski definition) is 3. The second-order valence-corrected chi connectivity index (χ2v) is 3.10. The molecule has 14 heavy (non-hydrogen) atoms. The molecule has 0 aliphatic carbocycles. The Labute approximate surface area is 81.9 Å². The molecule has 4 heteroatoms. The minimum absolute atomic E-state index is 0.0351. The highest BCUT2D eigenvalue weighted by Gasteiger charge is 2.03. The Bertz CT molecular complexity index is 436. The summed E-state index contributed by atoms with van der Waals surface area (Å²) in [6.45, 7) is 0.0351. The number of imidazole rings is 1. The zero-order valence-corrected chi connectivity index (χ0v) is 7.88. The zero-order valence-electron chi connectivity index (χ0n) is 7.88. The van der Waals surface area contributed by atoms with Crippen molar-refractivity contribution in [2.75, 3.05) is 0 Å². The molecule has 0 unspecified atom stereocenters. The first-order valence-corrected chi connectivity index (χ1v) is 4.34. The van der Waals surface area contributed by atoms with Crippen LogP contribution >= 0.6 is 0 Å². The normalized spacial score (nSPS) is 10.4. The van der Waals surface area contributed by atoms with Crippen molar-refractivity contribution in [3.8, 4) is 11.4 Å². The second kappa shape index (κ2) is 3.59. The molecule has 2 rings (SSSR count). The lowest BCUT2D eigenvalue weighted by atomic mass is 10.2. The molecule has 0 aliphatic rings. The Morgan fingerprint density at radius 2 is 2.36 bits per heavy atom. The van der Waals surface area contributed by atoms with E-state index in [0.717, 1.165) is 17.0 Å². The lowest BCUT2D eigenvalue weighted by Crippen LogP contribution is -1.93. The number of aromatic nitrogens is 3. The molecule has 0 saturated heterocycles. The molecule has 0 saturated carbocycles. The van der Waals surface area contributed by atoms with Gasteiger partial charge < -0.3 is 9.67 Å². The van der Waals surface area contributed by atoms with Crippen molar-refractivity contribution in [2.24, 2.45) is 7.05 Å². The minimum atomic E-state index is 0.0351. The molecule has 0 fully saturated rings. The van der Waals surface area contributed by atoms with Gasteiger partial charge in [-0.15, -0.1) is 0 Å². The lowest BCUT2D eigenvalue weighted by Gasteiger charge is -2.02. The van der Waals surface area contributed by atoms with Crippen LogP contribution in [0.25, 0.3) is 11.4 Å². The highest BCUT2D eigenvalue weighted by atomic mass is 16.3. The maximum absolute atomic E-state index is 8.98. The molecular weight excluding hydrogens is 178 g/mol. The van der Waals surface area contributed by atoms with Crippen molar-refractivity contribution in [3.63, 3.8) is 0 Å². The van der Waals surface area contributed by atoms with Crippen molar-refractivity contribution in [2.45, 2.75) is 6.61 Å². The summed E-state index contributed by atoms with van der Waals surface area (Å²) in [7, 11) is 1.91. The molecule has 0 aromatic carbocycles. The predicted molar refractivity (Wildman–Crippen MR) is 52.4 cm³/mol. The number of aliphatic hydroxyl groups excluding tert-OH is 1. The minimum Gasteiger partial charge on any atom is -0.392 e. The smallest absolute Gasteiger partial charge is 0.0948 e. The van der Waals surface area contributed by atoms with Gasteiger partial charge in [-0.05, 0) is 17.7 Å². The van der Waals surface area contributed by atoms with Gasteiger partial charge in [0.15, 0.2) is 0 Å². The van der Waals surface area contributed by atoms with E-state index in [1.54, 1.807) is 24.8 Å². The van der Waals surface area contributed by atoms with Crippen LogP contribution in [0.5, 0.6) is 0 Å². The van der Waals surface area contributed by atoms with Gasteiger partial charge in [0.1, 0.15) is 0 Å². The van der Waals surface area contributed by atoms with Crippen LogP contribution < -0.4 is 0 Å². The number of pyridine rings is 1. The first kappa shape index (κ1) is 8.90. The number of nitrogens with zero attached hydrogens (tertiary/aromatic N) is 3. The highest BCUT2D eigenvalue weighted by Crippen LogP contribution is 2.16. The fourth-order valence-corrected chi connectivity index (χ4v) is 1.32. The van der Waals surface area contributed by atoms with Gasteiger partial charge >= 0.3 is 0 Å². The van der Waals surface area contributed by atoms with Gasteiger partial charge in [-0.3, -0.25) is 4.98 Å². The standard InChI is InChI=1S/C10H11N3O/c1-13-7-11-5-10(13)9-4-8(6-14)2-3-12-9/h2-5,7,14H,6H2,1H3. The van der Waals surface area contributed by atoms with Crippen molar-refractivity contribution >= 4 is 0 Å². The SMILES string of the molecule is Cn1cncc1-c1cc(CO)ccn1. The van der Waals surface area contributed by atoms with E-state index in [-0.39, 0.29) is 6.61 Å². The van der Waals surface area contributed by atoms with Gasteiger partial charge in [0.25, 0.3) is 0 Å². The van der Waals surface area contributed by atoms with Crippen LogP contribution in [-0.4, -0.2) is 19.6 Å². The van der Waals surface area contributed by atoms with E-state index >= 15 is 0 Å². The van der Waals surface area contributed by atoms with E-state index in [0.29, 0.717) is 0 Å². The van der Waals surface area contributed by atoms with Gasteiger partial charge in [0.2, 0.25) is 0 Å². The third kappa shape index (κ3) is 1.52. The van der Waals surface area contributed by atoms with Crippen molar-refractivity contribution in [3.05, 3.63) is 36.4 Å². The largest absolute Gasteiger partial charge is 0.392 e. The molecule has 4 nitrogen and oxygen atoms in total. The molecule has 2 heterocycles. The summed E-state index contributed by atoms with van der Waals surface area (Å²) in [6, 6.07) is 3.65. The van der Waals surface area contributed by atoms with E-state index in [1.807, 2.05) is 17.7 Å². The van der Waals surface area contributed by atoms with E-state index in [9.17, 15) is 0 Å². The second-order valence-electron chi connectivity index (χ2n) is 3.10. The molecule has 0 radical (unpaired) electrons. The topological polar surface area (TPSA) is 50.9 Å². The predicted octanol–water partition coefficient (Wildman–Crippen LogP) is 0.974. The summed E-state index contributed by atoms with van der Waals surface area (Å²) in [5.41, 5.74) is 2.63. The zero-order chi connectivity index (χ0) is 9.97. The Balaban J connectivity index is 2.47. The Hall–Kier alpha value is -1.68. The Morgan fingerprint density at radius 1 is 1.50 bits per heavy atom. The average Bonchev–Trinajstić information content (AvgIpc) is 2.65. The summed E-state index contributed by atoms with van der Waals surface area (Å²) in [4.78, 5) is 8.23.